The van der Waals surface area contributed by atoms with Crippen LogP contribution in [0, 0.1) is 23.7 Å². The molecule has 4 aromatic heterocycles. The third-order valence-electron chi connectivity index (χ3n) is 7.39. The van der Waals surface area contributed by atoms with Gasteiger partial charge in [0.2, 0.25) is 0 Å². The van der Waals surface area contributed by atoms with E-state index in [9.17, 15) is 5.26 Å². The van der Waals surface area contributed by atoms with E-state index in [1.165, 1.54) is 0 Å². The van der Waals surface area contributed by atoms with Gasteiger partial charge in [-0.15, -0.1) is 0 Å². The maximum atomic E-state index is 9.20. The minimum Gasteiger partial charge on any atom is -0.366 e. The first-order valence-electron chi connectivity index (χ1n) is 13.0. The number of anilines is 3. The molecular formula is C30H29N9. The van der Waals surface area contributed by atoms with E-state index in [0.29, 0.717) is 28.7 Å². The molecular weight excluding hydrogens is 486 g/mol. The fourth-order valence-corrected chi connectivity index (χ4v) is 5.03. The number of aromatic nitrogens is 5. The summed E-state index contributed by atoms with van der Waals surface area (Å²) in [5.74, 6) is 2.62. The molecule has 0 aromatic carbocycles. The molecule has 0 bridgehead atoms. The van der Waals surface area contributed by atoms with E-state index in [0.717, 1.165) is 52.9 Å². The normalized spacial score (nSPS) is 17.7. The Kier molecular flexibility index (Phi) is 6.25. The predicted octanol–water partition coefficient (Wildman–Crippen LogP) is 5.16. The zero-order chi connectivity index (χ0) is 27.0. The minimum absolute atomic E-state index is 0.0541. The van der Waals surface area contributed by atoms with Gasteiger partial charge in [-0.1, -0.05) is 32.1 Å². The highest BCUT2D eigenvalue weighted by atomic mass is 15.1. The van der Waals surface area contributed by atoms with Crippen molar-refractivity contribution in [2.24, 2.45) is 5.41 Å². The highest BCUT2D eigenvalue weighted by Crippen LogP contribution is 2.36. The number of piperidine rings is 1. The number of nitriles is 1. The van der Waals surface area contributed by atoms with E-state index < -0.39 is 0 Å². The third-order valence-corrected chi connectivity index (χ3v) is 7.39. The Morgan fingerprint density at radius 2 is 1.97 bits per heavy atom. The Balaban J connectivity index is 1.41. The molecule has 3 N–H and O–H groups in total. The smallest absolute Gasteiger partial charge is 0.162 e. The number of fused-ring (bicyclic) bond motifs is 1. The second kappa shape index (κ2) is 9.89. The second-order valence-corrected chi connectivity index (χ2v) is 10.6. The van der Waals surface area contributed by atoms with Crippen molar-refractivity contribution in [3.63, 3.8) is 0 Å². The number of nitrogens with zero attached hydrogens (tertiary/aromatic N) is 6. The first-order chi connectivity index (χ1) is 18.9. The summed E-state index contributed by atoms with van der Waals surface area (Å²) < 4.78 is 0. The van der Waals surface area contributed by atoms with Crippen LogP contribution in [0.25, 0.3) is 27.9 Å². The number of rotatable bonds is 6. The van der Waals surface area contributed by atoms with Crippen molar-refractivity contribution in [1.29, 1.82) is 5.26 Å². The molecule has 0 amide bonds. The molecule has 5 heterocycles. The van der Waals surface area contributed by atoms with Crippen molar-refractivity contribution < 1.29 is 0 Å². The van der Waals surface area contributed by atoms with Gasteiger partial charge in [0.15, 0.2) is 5.82 Å². The van der Waals surface area contributed by atoms with Crippen molar-refractivity contribution >= 4 is 33.9 Å². The van der Waals surface area contributed by atoms with Gasteiger partial charge in [-0.2, -0.15) is 5.26 Å². The Morgan fingerprint density at radius 3 is 2.72 bits per heavy atom. The first kappa shape index (κ1) is 24.6. The Hall–Kier alpha value is -4.68. The zero-order valence-corrected chi connectivity index (χ0v) is 22.2. The fourth-order valence-electron chi connectivity index (χ4n) is 5.03. The standard InChI is InChI=1S/C30H29N9/c1-18-21(14-31)7-8-25(35-18)38-26-13-20(9-12-34-26)28-36-23-16-33-15-22(19-5-4-6-19)27(23)29(39-28)37-24-10-11-32-17-30(24,2)3/h4-9,12-13,15-16,24,32H,10-11,17H2,1-3H3,(H,34,35,38)(H,36,37,39)/t24-/m0/s1. The maximum absolute atomic E-state index is 9.20. The van der Waals surface area contributed by atoms with Gasteiger partial charge in [0.1, 0.15) is 23.5 Å². The lowest BCUT2D eigenvalue weighted by Gasteiger charge is -2.40. The fraction of sp³-hybridized carbons (Fsp3) is 0.267. The second-order valence-electron chi connectivity index (χ2n) is 10.6. The monoisotopic (exact) mass is 515 g/mol. The van der Waals surface area contributed by atoms with Gasteiger partial charge in [0.05, 0.1) is 28.4 Å². The summed E-state index contributed by atoms with van der Waals surface area (Å²) in [6.07, 6.45) is 12.6. The van der Waals surface area contributed by atoms with Crippen LogP contribution in [0.15, 0.2) is 61.1 Å². The lowest BCUT2D eigenvalue weighted by Crippen LogP contribution is -2.49. The SMILES string of the molecule is Cc1nc(Nc2cc(-c3nc(N[C@H]4CCNCC4(C)C)c4c(C5=CC=C5)cncc4n3)ccn2)ccc1C#N. The highest BCUT2D eigenvalue weighted by Gasteiger charge is 2.33. The summed E-state index contributed by atoms with van der Waals surface area (Å²) in [6, 6.07) is 9.72. The van der Waals surface area contributed by atoms with Crippen LogP contribution < -0.4 is 16.0 Å². The van der Waals surface area contributed by atoms with Gasteiger partial charge in [0, 0.05) is 36.1 Å². The van der Waals surface area contributed by atoms with Crippen LogP contribution in [0.5, 0.6) is 0 Å². The van der Waals surface area contributed by atoms with Crippen molar-refractivity contribution in [2.45, 2.75) is 33.2 Å². The van der Waals surface area contributed by atoms with Crippen LogP contribution in [0.1, 0.15) is 37.1 Å². The molecule has 0 spiro atoms. The molecule has 1 fully saturated rings. The van der Waals surface area contributed by atoms with Crippen molar-refractivity contribution in [2.75, 3.05) is 23.7 Å². The molecule has 39 heavy (non-hydrogen) atoms. The lowest BCUT2D eigenvalue weighted by molar-refractivity contribution is 0.236. The third kappa shape index (κ3) is 4.82. The van der Waals surface area contributed by atoms with Crippen LogP contribution in [-0.2, 0) is 0 Å². The number of allylic oxidation sites excluding steroid dienone is 4. The quantitative estimate of drug-likeness (QED) is 0.319. The number of hydrogen-bond donors (Lipinski definition) is 3. The van der Waals surface area contributed by atoms with Crippen molar-refractivity contribution in [3.05, 3.63) is 77.9 Å². The van der Waals surface area contributed by atoms with Gasteiger partial charge in [-0.05, 0) is 55.1 Å². The Labute approximate surface area is 227 Å². The van der Waals surface area contributed by atoms with Gasteiger partial charge < -0.3 is 16.0 Å². The highest BCUT2D eigenvalue weighted by molar-refractivity contribution is 6.02. The first-order valence-corrected chi connectivity index (χ1v) is 13.0. The maximum Gasteiger partial charge on any atom is 0.162 e. The van der Waals surface area contributed by atoms with Gasteiger partial charge in [-0.3, -0.25) is 4.98 Å². The van der Waals surface area contributed by atoms with Crippen molar-refractivity contribution in [1.82, 2.24) is 30.2 Å². The van der Waals surface area contributed by atoms with Crippen molar-refractivity contribution in [3.8, 4) is 17.5 Å². The Morgan fingerprint density at radius 1 is 1.10 bits per heavy atom. The van der Waals surface area contributed by atoms with E-state index in [4.69, 9.17) is 9.97 Å². The summed E-state index contributed by atoms with van der Waals surface area (Å²) in [5, 5.41) is 20.7. The summed E-state index contributed by atoms with van der Waals surface area (Å²) >= 11 is 0. The molecule has 1 atom stereocenters. The van der Waals surface area contributed by atoms with E-state index in [2.05, 4.69) is 63.0 Å². The molecule has 194 valence electrons. The number of hydrogen-bond acceptors (Lipinski definition) is 9. The number of nitrogens with one attached hydrogen (secondary N) is 3. The molecule has 9 heteroatoms. The summed E-state index contributed by atoms with van der Waals surface area (Å²) in [6.45, 7) is 8.26. The van der Waals surface area contributed by atoms with Gasteiger partial charge in [-0.25, -0.2) is 19.9 Å². The van der Waals surface area contributed by atoms with Gasteiger partial charge in [0.25, 0.3) is 0 Å². The zero-order valence-electron chi connectivity index (χ0n) is 22.2. The largest absolute Gasteiger partial charge is 0.366 e. The molecule has 0 radical (unpaired) electrons. The van der Waals surface area contributed by atoms with E-state index in [1.54, 1.807) is 24.5 Å². The average molecular weight is 516 g/mol. The molecule has 1 aliphatic heterocycles. The van der Waals surface area contributed by atoms with Crippen LogP contribution in [0.2, 0.25) is 0 Å². The van der Waals surface area contributed by atoms with Gasteiger partial charge >= 0.3 is 0 Å². The molecule has 9 nitrogen and oxygen atoms in total. The molecule has 0 saturated carbocycles. The lowest BCUT2D eigenvalue weighted by atomic mass is 9.80. The molecule has 1 saturated heterocycles. The molecule has 1 aliphatic carbocycles. The average Bonchev–Trinajstić information content (AvgIpc) is 2.89. The predicted molar refractivity (Wildman–Crippen MR) is 153 cm³/mol. The Bertz CT molecular complexity index is 1680. The minimum atomic E-state index is 0.0541. The molecule has 2 aliphatic rings. The summed E-state index contributed by atoms with van der Waals surface area (Å²) in [7, 11) is 0. The van der Waals surface area contributed by atoms with Crippen LogP contribution >= 0.6 is 0 Å². The summed E-state index contributed by atoms with van der Waals surface area (Å²) in [4.78, 5) is 23.5. The van der Waals surface area contributed by atoms with Crippen LogP contribution in [-0.4, -0.2) is 44.1 Å². The van der Waals surface area contributed by atoms with E-state index in [-0.39, 0.29) is 11.5 Å². The number of pyridine rings is 3. The van der Waals surface area contributed by atoms with Crippen LogP contribution in [0.3, 0.4) is 0 Å². The molecule has 4 aromatic rings. The topological polar surface area (TPSA) is 124 Å². The van der Waals surface area contributed by atoms with Crippen LogP contribution in [0.4, 0.5) is 17.5 Å². The molecule has 6 rings (SSSR count). The van der Waals surface area contributed by atoms with E-state index >= 15 is 0 Å². The van der Waals surface area contributed by atoms with E-state index in [1.807, 2.05) is 31.3 Å². The number of aryl methyl sites for hydroxylation is 1. The summed E-state index contributed by atoms with van der Waals surface area (Å²) in [5.41, 5.74) is 5.01. The molecule has 0 unspecified atom stereocenters.